The number of unbranched alkanes of at least 4 members (excludes halogenated alkanes) is 3. The predicted octanol–water partition coefficient (Wildman–Crippen LogP) is 5.21. The molecule has 0 unspecified atom stereocenters. The van der Waals surface area contributed by atoms with E-state index in [0.717, 1.165) is 12.2 Å². The molecule has 0 aromatic heterocycles. The van der Waals surface area contributed by atoms with E-state index < -0.39 is 17.4 Å². The second-order valence-electron chi connectivity index (χ2n) is 7.42. The van der Waals surface area contributed by atoms with Gasteiger partial charge in [-0.3, -0.25) is 0 Å². The van der Waals surface area contributed by atoms with Crippen molar-refractivity contribution in [2.45, 2.75) is 78.6 Å². The zero-order chi connectivity index (χ0) is 20.3. The largest absolute Gasteiger partial charge is 0.494 e. The highest BCUT2D eigenvalue weighted by Gasteiger charge is 2.46. The maximum atomic E-state index is 12.9. The molecule has 1 rings (SSSR count). The van der Waals surface area contributed by atoms with Crippen molar-refractivity contribution in [3.63, 3.8) is 0 Å². The summed E-state index contributed by atoms with van der Waals surface area (Å²) in [4.78, 5) is 12.9. The van der Waals surface area contributed by atoms with Crippen LogP contribution in [0.4, 0.5) is 0 Å². The molecule has 1 aromatic rings. The Morgan fingerprint density at radius 3 is 1.96 bits per heavy atom. The molecule has 0 aliphatic heterocycles. The lowest BCUT2D eigenvalue weighted by Gasteiger charge is -2.34. The van der Waals surface area contributed by atoms with Crippen LogP contribution in [0.15, 0.2) is 24.3 Å². The fourth-order valence-corrected chi connectivity index (χ4v) is 2.69. The van der Waals surface area contributed by atoms with Crippen LogP contribution in [0.5, 0.6) is 5.75 Å². The minimum Gasteiger partial charge on any atom is -0.494 e. The van der Waals surface area contributed by atoms with Crippen molar-refractivity contribution in [1.29, 1.82) is 0 Å². The number of benzene rings is 1. The normalized spacial score (nSPS) is 12.1. The zero-order valence-corrected chi connectivity index (χ0v) is 17.8. The zero-order valence-electron chi connectivity index (χ0n) is 17.8. The van der Waals surface area contributed by atoms with Gasteiger partial charge in [-0.1, -0.05) is 26.2 Å². The van der Waals surface area contributed by atoms with Gasteiger partial charge in [-0.15, -0.1) is 0 Å². The van der Waals surface area contributed by atoms with E-state index in [9.17, 15) is 4.79 Å². The summed E-state index contributed by atoms with van der Waals surface area (Å²) in [7, 11) is 0. The van der Waals surface area contributed by atoms with Gasteiger partial charge in [0.2, 0.25) is 0 Å². The van der Waals surface area contributed by atoms with Gasteiger partial charge in [0.25, 0.3) is 5.79 Å². The van der Waals surface area contributed by atoms with Crippen molar-refractivity contribution in [2.75, 3.05) is 19.8 Å². The van der Waals surface area contributed by atoms with E-state index in [4.69, 9.17) is 18.9 Å². The predicted molar refractivity (Wildman–Crippen MR) is 107 cm³/mol. The van der Waals surface area contributed by atoms with Gasteiger partial charge >= 0.3 is 5.97 Å². The molecule has 1 aromatic carbocycles. The Kier molecular flexibility index (Phi) is 9.81. The molecule has 0 saturated heterocycles. The number of esters is 1. The number of hydrogen-bond donors (Lipinski definition) is 0. The Morgan fingerprint density at radius 1 is 0.889 bits per heavy atom. The lowest BCUT2D eigenvalue weighted by atomic mass is 10.0. The number of ether oxygens (including phenoxy) is 4. The molecule has 5 heteroatoms. The van der Waals surface area contributed by atoms with Crippen molar-refractivity contribution in [2.24, 2.45) is 0 Å². The van der Waals surface area contributed by atoms with Gasteiger partial charge in [-0.25, -0.2) is 4.79 Å². The highest BCUT2D eigenvalue weighted by molar-refractivity contribution is 5.80. The standard InChI is InChI=1S/C22H36O5/c1-7-10-11-12-17-24-19-15-13-18(14-16-19)22(25-8-2,26-9-3)20(23)27-21(4,5)6/h13-16H,7-12,17H2,1-6H3. The van der Waals surface area contributed by atoms with Crippen molar-refractivity contribution in [3.8, 4) is 5.75 Å². The summed E-state index contributed by atoms with van der Waals surface area (Å²) in [5, 5.41) is 0. The van der Waals surface area contributed by atoms with E-state index >= 15 is 0 Å². The molecular formula is C22H36O5. The van der Waals surface area contributed by atoms with Gasteiger partial charge in [-0.05, 0) is 65.3 Å². The SMILES string of the molecule is CCCCCCOc1ccc(C(OCC)(OCC)C(=O)OC(C)(C)C)cc1. The van der Waals surface area contributed by atoms with Gasteiger partial charge in [-0.2, -0.15) is 0 Å². The molecule has 27 heavy (non-hydrogen) atoms. The first-order valence-corrected chi connectivity index (χ1v) is 10.0. The summed E-state index contributed by atoms with van der Waals surface area (Å²) >= 11 is 0. The minimum absolute atomic E-state index is 0.314. The van der Waals surface area contributed by atoms with E-state index in [-0.39, 0.29) is 0 Å². The van der Waals surface area contributed by atoms with Crippen LogP contribution in [0.2, 0.25) is 0 Å². The lowest BCUT2D eigenvalue weighted by Crippen LogP contribution is -2.45. The second-order valence-corrected chi connectivity index (χ2v) is 7.42. The van der Waals surface area contributed by atoms with Gasteiger partial charge in [0.05, 0.1) is 6.61 Å². The molecule has 5 nitrogen and oxygen atoms in total. The molecular weight excluding hydrogens is 344 g/mol. The summed E-state index contributed by atoms with van der Waals surface area (Å²) in [6.45, 7) is 12.6. The molecule has 0 aliphatic carbocycles. The fourth-order valence-electron chi connectivity index (χ4n) is 2.69. The van der Waals surface area contributed by atoms with Crippen LogP contribution in [-0.4, -0.2) is 31.4 Å². The summed E-state index contributed by atoms with van der Waals surface area (Å²) in [6, 6.07) is 7.28. The molecule has 0 amide bonds. The van der Waals surface area contributed by atoms with Gasteiger partial charge in [0, 0.05) is 18.8 Å². The van der Waals surface area contributed by atoms with Crippen molar-refractivity contribution >= 4 is 5.97 Å². The molecule has 0 radical (unpaired) electrons. The van der Waals surface area contributed by atoms with Crippen molar-refractivity contribution < 1.29 is 23.7 Å². The third-order valence-corrected chi connectivity index (χ3v) is 3.86. The van der Waals surface area contributed by atoms with Crippen molar-refractivity contribution in [3.05, 3.63) is 29.8 Å². The maximum absolute atomic E-state index is 12.9. The molecule has 0 aliphatic rings. The van der Waals surface area contributed by atoms with E-state index in [1.54, 1.807) is 12.1 Å². The Morgan fingerprint density at radius 2 is 1.48 bits per heavy atom. The molecule has 0 atom stereocenters. The number of carbonyl (C=O) groups is 1. The highest BCUT2D eigenvalue weighted by atomic mass is 16.7. The van der Waals surface area contributed by atoms with Crippen LogP contribution in [0.25, 0.3) is 0 Å². The molecule has 0 heterocycles. The average molecular weight is 381 g/mol. The minimum atomic E-state index is -1.57. The van der Waals surface area contributed by atoms with E-state index in [1.165, 1.54) is 19.3 Å². The quantitative estimate of drug-likeness (QED) is 0.283. The topological polar surface area (TPSA) is 54.0 Å². The molecule has 0 saturated carbocycles. The van der Waals surface area contributed by atoms with Gasteiger partial charge in [0.15, 0.2) is 0 Å². The fraction of sp³-hybridized carbons (Fsp3) is 0.682. The van der Waals surface area contributed by atoms with Crippen molar-refractivity contribution in [1.82, 2.24) is 0 Å². The Bertz CT molecular complexity index is 539. The van der Waals surface area contributed by atoms with Crippen LogP contribution >= 0.6 is 0 Å². The molecule has 154 valence electrons. The summed E-state index contributed by atoms with van der Waals surface area (Å²) in [5.41, 5.74) is -0.0447. The number of hydrogen-bond acceptors (Lipinski definition) is 5. The van der Waals surface area contributed by atoms with E-state index in [1.807, 2.05) is 46.8 Å². The Hall–Kier alpha value is -1.59. The Balaban J connectivity index is 2.96. The summed E-state index contributed by atoms with van der Waals surface area (Å²) in [6.07, 6.45) is 4.64. The molecule has 0 spiro atoms. The average Bonchev–Trinajstić information content (AvgIpc) is 2.60. The first-order valence-electron chi connectivity index (χ1n) is 10.0. The van der Waals surface area contributed by atoms with Crippen LogP contribution in [0.1, 0.15) is 72.8 Å². The van der Waals surface area contributed by atoms with Crippen LogP contribution in [-0.2, 0) is 24.8 Å². The third kappa shape index (κ3) is 7.51. The molecule has 0 N–H and O–H groups in total. The maximum Gasteiger partial charge on any atom is 0.372 e. The smallest absolute Gasteiger partial charge is 0.372 e. The van der Waals surface area contributed by atoms with E-state index in [2.05, 4.69) is 6.92 Å². The number of carbonyl (C=O) groups excluding carboxylic acids is 1. The first kappa shape index (κ1) is 23.4. The van der Waals surface area contributed by atoms with E-state index in [0.29, 0.717) is 25.4 Å². The summed E-state index contributed by atoms with van der Waals surface area (Å²) in [5.74, 6) is -1.36. The third-order valence-electron chi connectivity index (χ3n) is 3.86. The van der Waals surface area contributed by atoms with Crippen LogP contribution < -0.4 is 4.74 Å². The first-order chi connectivity index (χ1) is 12.8. The second kappa shape index (κ2) is 11.3. The summed E-state index contributed by atoms with van der Waals surface area (Å²) < 4.78 is 22.9. The van der Waals surface area contributed by atoms with Gasteiger partial charge in [0.1, 0.15) is 11.4 Å². The van der Waals surface area contributed by atoms with Crippen LogP contribution in [0.3, 0.4) is 0 Å². The highest BCUT2D eigenvalue weighted by Crippen LogP contribution is 2.32. The monoisotopic (exact) mass is 380 g/mol. The van der Waals surface area contributed by atoms with Gasteiger partial charge < -0.3 is 18.9 Å². The molecule has 0 fully saturated rings. The van der Waals surface area contributed by atoms with Crippen LogP contribution in [0, 0.1) is 0 Å². The lowest BCUT2D eigenvalue weighted by molar-refractivity contribution is -0.259. The Labute approximate surface area is 164 Å². The molecule has 0 bridgehead atoms. The number of rotatable bonds is 12.